The molecule has 0 aliphatic heterocycles. The van der Waals surface area contributed by atoms with Crippen LogP contribution in [0.25, 0.3) is 0 Å². The van der Waals surface area contributed by atoms with Crippen LogP contribution >= 0.6 is 0 Å². The highest BCUT2D eigenvalue weighted by atomic mass is 19.1. The van der Waals surface area contributed by atoms with Crippen molar-refractivity contribution in [1.29, 1.82) is 5.26 Å². The van der Waals surface area contributed by atoms with Crippen molar-refractivity contribution in [3.05, 3.63) is 35.1 Å². The number of benzene rings is 1. The van der Waals surface area contributed by atoms with Crippen LogP contribution in [0.1, 0.15) is 31.4 Å². The third kappa shape index (κ3) is 4.10. The van der Waals surface area contributed by atoms with Crippen LogP contribution in [0.2, 0.25) is 0 Å². The summed E-state index contributed by atoms with van der Waals surface area (Å²) in [6.45, 7) is 4.49. The van der Waals surface area contributed by atoms with Gasteiger partial charge < -0.3 is 10.4 Å². The van der Waals surface area contributed by atoms with E-state index < -0.39 is 5.82 Å². The summed E-state index contributed by atoms with van der Waals surface area (Å²) in [6, 6.07) is 6.53. The van der Waals surface area contributed by atoms with Gasteiger partial charge in [-0.2, -0.15) is 5.26 Å². The first kappa shape index (κ1) is 14.6. The van der Waals surface area contributed by atoms with E-state index in [2.05, 4.69) is 19.2 Å². The number of halogens is 1. The highest BCUT2D eigenvalue weighted by Crippen LogP contribution is 2.13. The van der Waals surface area contributed by atoms with Gasteiger partial charge in [0.1, 0.15) is 11.9 Å². The van der Waals surface area contributed by atoms with Gasteiger partial charge in [0.15, 0.2) is 0 Å². The molecule has 3 nitrogen and oxygen atoms in total. The zero-order valence-corrected chi connectivity index (χ0v) is 10.8. The highest BCUT2D eigenvalue weighted by molar-refractivity contribution is 5.34. The van der Waals surface area contributed by atoms with Gasteiger partial charge in [0.2, 0.25) is 0 Å². The molecular formula is C14H19FN2O. The lowest BCUT2D eigenvalue weighted by Crippen LogP contribution is -2.33. The van der Waals surface area contributed by atoms with E-state index in [1.54, 1.807) is 12.1 Å². The Balaban J connectivity index is 2.65. The summed E-state index contributed by atoms with van der Waals surface area (Å²) in [4.78, 5) is 0. The van der Waals surface area contributed by atoms with Crippen LogP contribution in [-0.2, 0) is 6.54 Å². The summed E-state index contributed by atoms with van der Waals surface area (Å²) in [5, 5.41) is 21.1. The molecule has 4 heteroatoms. The minimum Gasteiger partial charge on any atom is -0.395 e. The predicted octanol–water partition coefficient (Wildman–Crippen LogP) is 2.19. The van der Waals surface area contributed by atoms with Gasteiger partial charge in [-0.25, -0.2) is 4.39 Å². The number of aliphatic hydroxyl groups excluding tert-OH is 1. The zero-order chi connectivity index (χ0) is 13.5. The first-order valence-electron chi connectivity index (χ1n) is 6.10. The summed E-state index contributed by atoms with van der Waals surface area (Å²) in [5.41, 5.74) is 0.509. The van der Waals surface area contributed by atoms with Crippen LogP contribution < -0.4 is 5.32 Å². The van der Waals surface area contributed by atoms with Crippen LogP contribution in [0.5, 0.6) is 0 Å². The molecule has 1 aromatic carbocycles. The molecule has 0 amide bonds. The Kier molecular flexibility index (Phi) is 5.76. The molecule has 0 radical (unpaired) electrons. The van der Waals surface area contributed by atoms with Crippen molar-refractivity contribution in [3.63, 3.8) is 0 Å². The molecule has 1 atom stereocenters. The second-order valence-corrected chi connectivity index (χ2v) is 4.78. The fourth-order valence-corrected chi connectivity index (χ4v) is 1.85. The molecule has 0 spiro atoms. The molecule has 0 aliphatic carbocycles. The molecule has 18 heavy (non-hydrogen) atoms. The maximum atomic E-state index is 13.8. The number of nitrogens with zero attached hydrogens (tertiary/aromatic N) is 1. The first-order chi connectivity index (χ1) is 8.58. The SMILES string of the molecule is CC(C)CC(CO)NCc1cccc(C#N)c1F. The molecular weight excluding hydrogens is 231 g/mol. The number of nitrogens with one attached hydrogen (secondary N) is 1. The van der Waals surface area contributed by atoms with Gasteiger partial charge in [-0.05, 0) is 18.4 Å². The van der Waals surface area contributed by atoms with Crippen molar-refractivity contribution in [2.45, 2.75) is 32.9 Å². The second kappa shape index (κ2) is 7.10. The lowest BCUT2D eigenvalue weighted by atomic mass is 10.0. The lowest BCUT2D eigenvalue weighted by Gasteiger charge is -2.18. The van der Waals surface area contributed by atoms with E-state index in [-0.39, 0.29) is 18.2 Å². The third-order valence-corrected chi connectivity index (χ3v) is 2.76. The number of rotatable bonds is 6. The van der Waals surface area contributed by atoms with Crippen molar-refractivity contribution >= 4 is 0 Å². The standard InChI is InChI=1S/C14H19FN2O/c1-10(2)6-13(9-18)17-8-12-5-3-4-11(7-16)14(12)15/h3-5,10,13,17-18H,6,8-9H2,1-2H3. The summed E-state index contributed by atoms with van der Waals surface area (Å²) in [5.74, 6) is -0.0151. The Morgan fingerprint density at radius 3 is 2.72 bits per heavy atom. The van der Waals surface area contributed by atoms with E-state index in [0.29, 0.717) is 18.0 Å². The van der Waals surface area contributed by atoms with Gasteiger partial charge in [0.25, 0.3) is 0 Å². The average molecular weight is 250 g/mol. The zero-order valence-electron chi connectivity index (χ0n) is 10.8. The molecule has 1 rings (SSSR count). The molecule has 1 unspecified atom stereocenters. The third-order valence-electron chi connectivity index (χ3n) is 2.76. The van der Waals surface area contributed by atoms with E-state index in [1.165, 1.54) is 6.07 Å². The molecule has 98 valence electrons. The van der Waals surface area contributed by atoms with Gasteiger partial charge in [-0.15, -0.1) is 0 Å². The quantitative estimate of drug-likeness (QED) is 0.813. The second-order valence-electron chi connectivity index (χ2n) is 4.78. The normalized spacial score (nSPS) is 12.4. The number of hydrogen-bond donors (Lipinski definition) is 2. The first-order valence-corrected chi connectivity index (χ1v) is 6.10. The van der Waals surface area contributed by atoms with Crippen molar-refractivity contribution < 1.29 is 9.50 Å². The minimum absolute atomic E-state index is 0.0255. The Morgan fingerprint density at radius 2 is 2.17 bits per heavy atom. The molecule has 0 bridgehead atoms. The van der Waals surface area contributed by atoms with Crippen molar-refractivity contribution in [2.24, 2.45) is 5.92 Å². The van der Waals surface area contributed by atoms with Crippen molar-refractivity contribution in [3.8, 4) is 6.07 Å². The molecule has 2 N–H and O–H groups in total. The maximum Gasteiger partial charge on any atom is 0.145 e. The number of hydrogen-bond acceptors (Lipinski definition) is 3. The smallest absolute Gasteiger partial charge is 0.145 e. The largest absolute Gasteiger partial charge is 0.395 e. The van der Waals surface area contributed by atoms with Crippen LogP contribution in [-0.4, -0.2) is 17.8 Å². The molecule has 0 fully saturated rings. The number of nitriles is 1. The van der Waals surface area contributed by atoms with Gasteiger partial charge in [-0.1, -0.05) is 26.0 Å². The fraction of sp³-hybridized carbons (Fsp3) is 0.500. The van der Waals surface area contributed by atoms with E-state index in [4.69, 9.17) is 5.26 Å². The van der Waals surface area contributed by atoms with E-state index in [0.717, 1.165) is 6.42 Å². The molecule has 0 aliphatic rings. The van der Waals surface area contributed by atoms with E-state index >= 15 is 0 Å². The van der Waals surface area contributed by atoms with Crippen LogP contribution in [0.3, 0.4) is 0 Å². The predicted molar refractivity (Wildman–Crippen MR) is 68.3 cm³/mol. The Hall–Kier alpha value is -1.44. The fourth-order valence-electron chi connectivity index (χ4n) is 1.85. The maximum absolute atomic E-state index is 13.8. The summed E-state index contributed by atoms with van der Waals surface area (Å²) in [6.07, 6.45) is 0.829. The van der Waals surface area contributed by atoms with E-state index in [9.17, 15) is 9.50 Å². The van der Waals surface area contributed by atoms with Crippen LogP contribution in [0.15, 0.2) is 18.2 Å². The van der Waals surface area contributed by atoms with Crippen LogP contribution in [0.4, 0.5) is 4.39 Å². The Labute approximate surface area is 107 Å². The van der Waals surface area contributed by atoms with Crippen molar-refractivity contribution in [2.75, 3.05) is 6.61 Å². The Bertz CT molecular complexity index is 426. The van der Waals surface area contributed by atoms with Gasteiger partial charge in [0.05, 0.1) is 12.2 Å². The van der Waals surface area contributed by atoms with Gasteiger partial charge in [0, 0.05) is 18.2 Å². The summed E-state index contributed by atoms with van der Waals surface area (Å²) in [7, 11) is 0. The van der Waals surface area contributed by atoms with E-state index in [1.807, 2.05) is 6.07 Å². The summed E-state index contributed by atoms with van der Waals surface area (Å²) < 4.78 is 13.8. The molecule has 0 heterocycles. The van der Waals surface area contributed by atoms with Crippen LogP contribution in [0, 0.1) is 23.1 Å². The molecule has 0 saturated carbocycles. The molecule has 0 saturated heterocycles. The molecule has 0 aromatic heterocycles. The van der Waals surface area contributed by atoms with Gasteiger partial charge >= 0.3 is 0 Å². The molecule has 1 aromatic rings. The topological polar surface area (TPSA) is 56.0 Å². The average Bonchev–Trinajstić information content (AvgIpc) is 2.35. The van der Waals surface area contributed by atoms with Gasteiger partial charge in [-0.3, -0.25) is 0 Å². The summed E-state index contributed by atoms with van der Waals surface area (Å²) >= 11 is 0. The lowest BCUT2D eigenvalue weighted by molar-refractivity contribution is 0.223. The minimum atomic E-state index is -0.478. The Morgan fingerprint density at radius 1 is 1.44 bits per heavy atom. The number of aliphatic hydroxyl groups is 1. The monoisotopic (exact) mass is 250 g/mol. The highest BCUT2D eigenvalue weighted by Gasteiger charge is 2.12. The van der Waals surface area contributed by atoms with Crippen molar-refractivity contribution in [1.82, 2.24) is 5.32 Å².